The van der Waals surface area contributed by atoms with Crippen molar-refractivity contribution in [1.82, 2.24) is 14.9 Å². The number of nitrogens with one attached hydrogen (secondary N) is 1. The summed E-state index contributed by atoms with van der Waals surface area (Å²) < 4.78 is 33.8. The van der Waals surface area contributed by atoms with Crippen LogP contribution < -0.4 is 10.9 Å². The van der Waals surface area contributed by atoms with E-state index in [-0.39, 0.29) is 17.1 Å². The van der Waals surface area contributed by atoms with Crippen molar-refractivity contribution in [3.63, 3.8) is 0 Å². The number of halogens is 2. The number of aromatic nitrogens is 2. The summed E-state index contributed by atoms with van der Waals surface area (Å²) in [5.41, 5.74) is 1.31. The van der Waals surface area contributed by atoms with Crippen molar-refractivity contribution < 1.29 is 18.3 Å². The first-order valence-corrected chi connectivity index (χ1v) is 11.4. The molecular weight excluding hydrogens is 460 g/mol. The molecule has 0 saturated heterocycles. The highest BCUT2D eigenvalue weighted by atomic mass is 32.2. The lowest BCUT2D eigenvalue weighted by Crippen LogP contribution is -2.27. The van der Waals surface area contributed by atoms with Crippen LogP contribution in [0.3, 0.4) is 0 Å². The van der Waals surface area contributed by atoms with Gasteiger partial charge in [-0.3, -0.25) is 14.2 Å². The largest absolute Gasteiger partial charge is 0.383 e. The van der Waals surface area contributed by atoms with Crippen LogP contribution in [0.15, 0.2) is 76.7 Å². The minimum absolute atomic E-state index is 0.285. The van der Waals surface area contributed by atoms with Crippen molar-refractivity contribution in [2.45, 2.75) is 10.9 Å². The normalized spacial score (nSPS) is 11.0. The molecule has 0 aliphatic heterocycles. The van der Waals surface area contributed by atoms with Crippen LogP contribution in [0.5, 0.6) is 0 Å². The van der Waals surface area contributed by atoms with Gasteiger partial charge in [0.15, 0.2) is 5.16 Å². The van der Waals surface area contributed by atoms with Crippen molar-refractivity contribution in [3.8, 4) is 5.69 Å². The van der Waals surface area contributed by atoms with Gasteiger partial charge in [0, 0.05) is 25.0 Å². The zero-order valence-electron chi connectivity index (χ0n) is 18.3. The van der Waals surface area contributed by atoms with Crippen molar-refractivity contribution in [2.24, 2.45) is 0 Å². The minimum Gasteiger partial charge on any atom is -0.383 e. The minimum atomic E-state index is -0.492. The fraction of sp³-hybridized carbons (Fsp3) is 0.160. The molecule has 0 atom stereocenters. The number of methoxy groups -OCH3 is 1. The molecule has 0 spiro atoms. The summed E-state index contributed by atoms with van der Waals surface area (Å²) in [6.07, 6.45) is 0. The van der Waals surface area contributed by atoms with E-state index in [1.54, 1.807) is 37.4 Å². The Bertz CT molecular complexity index is 1410. The lowest BCUT2D eigenvalue weighted by atomic mass is 10.1. The third-order valence-electron chi connectivity index (χ3n) is 5.02. The predicted molar refractivity (Wildman–Crippen MR) is 127 cm³/mol. The quantitative estimate of drug-likeness (QED) is 0.230. The Balaban J connectivity index is 1.78. The van der Waals surface area contributed by atoms with E-state index in [9.17, 15) is 18.4 Å². The molecule has 4 rings (SSSR count). The maximum atomic E-state index is 14.0. The molecule has 0 radical (unpaired) electrons. The smallest absolute Gasteiger partial charge is 0.266 e. The van der Waals surface area contributed by atoms with Crippen molar-refractivity contribution >= 4 is 28.6 Å². The summed E-state index contributed by atoms with van der Waals surface area (Å²) in [7, 11) is 1.54. The first-order chi connectivity index (χ1) is 16.5. The highest BCUT2D eigenvalue weighted by Crippen LogP contribution is 2.25. The molecule has 0 bridgehead atoms. The van der Waals surface area contributed by atoms with Gasteiger partial charge in [-0.15, -0.1) is 0 Å². The molecule has 1 aromatic heterocycles. The number of fused-ring (bicyclic) bond motifs is 1. The molecule has 0 aliphatic rings. The molecular formula is C25H21F2N3O3S. The number of carbonyl (C=O) groups is 1. The molecule has 4 aromatic rings. The molecule has 0 aliphatic carbocycles. The van der Waals surface area contributed by atoms with Crippen LogP contribution in [0.1, 0.15) is 15.9 Å². The Kier molecular flexibility index (Phi) is 7.34. The molecule has 1 heterocycles. The van der Waals surface area contributed by atoms with E-state index in [4.69, 9.17) is 4.74 Å². The average Bonchev–Trinajstić information content (AvgIpc) is 2.82. The number of amides is 1. The summed E-state index contributed by atoms with van der Waals surface area (Å²) in [5, 5.41) is 3.31. The van der Waals surface area contributed by atoms with Gasteiger partial charge < -0.3 is 10.1 Å². The first kappa shape index (κ1) is 23.6. The van der Waals surface area contributed by atoms with E-state index in [0.717, 1.165) is 0 Å². The van der Waals surface area contributed by atoms with Crippen LogP contribution in [0.4, 0.5) is 8.78 Å². The second-order valence-electron chi connectivity index (χ2n) is 7.41. The number of hydrogen-bond acceptors (Lipinski definition) is 5. The Morgan fingerprint density at radius 2 is 1.82 bits per heavy atom. The second kappa shape index (κ2) is 10.6. The molecule has 1 N–H and O–H groups in total. The lowest BCUT2D eigenvalue weighted by molar-refractivity contribution is 0.0937. The first-order valence-electron chi connectivity index (χ1n) is 10.4. The van der Waals surface area contributed by atoms with Crippen LogP contribution in [0, 0.1) is 11.6 Å². The van der Waals surface area contributed by atoms with Gasteiger partial charge in [-0.05, 0) is 54.1 Å². The maximum Gasteiger partial charge on any atom is 0.266 e. The summed E-state index contributed by atoms with van der Waals surface area (Å²) in [6, 6.07) is 16.4. The maximum absolute atomic E-state index is 14.0. The number of hydrogen-bond donors (Lipinski definition) is 1. The topological polar surface area (TPSA) is 73.2 Å². The van der Waals surface area contributed by atoms with Crippen LogP contribution in [0.25, 0.3) is 16.6 Å². The summed E-state index contributed by atoms with van der Waals surface area (Å²) in [4.78, 5) is 30.5. The number of nitrogens with zero attached hydrogens (tertiary/aromatic N) is 2. The number of carbonyl (C=O) groups excluding carboxylic acids is 1. The molecule has 3 aromatic carbocycles. The van der Waals surface area contributed by atoms with Gasteiger partial charge in [0.25, 0.3) is 11.5 Å². The molecule has 9 heteroatoms. The van der Waals surface area contributed by atoms with Gasteiger partial charge in [-0.25, -0.2) is 13.8 Å². The molecule has 0 fully saturated rings. The predicted octanol–water partition coefficient (Wildman–Crippen LogP) is 4.33. The van der Waals surface area contributed by atoms with Crippen LogP contribution in [-0.4, -0.2) is 35.7 Å². The van der Waals surface area contributed by atoms with Gasteiger partial charge in [0.2, 0.25) is 0 Å². The van der Waals surface area contributed by atoms with Gasteiger partial charge in [-0.1, -0.05) is 30.0 Å². The van der Waals surface area contributed by atoms with Crippen molar-refractivity contribution in [1.29, 1.82) is 0 Å². The molecule has 34 heavy (non-hydrogen) atoms. The van der Waals surface area contributed by atoms with Gasteiger partial charge >= 0.3 is 0 Å². The van der Waals surface area contributed by atoms with E-state index in [1.165, 1.54) is 52.7 Å². The molecule has 6 nitrogen and oxygen atoms in total. The summed E-state index contributed by atoms with van der Waals surface area (Å²) >= 11 is 1.22. The van der Waals surface area contributed by atoms with Crippen LogP contribution >= 0.6 is 11.8 Å². The van der Waals surface area contributed by atoms with E-state index in [1.807, 2.05) is 0 Å². The van der Waals surface area contributed by atoms with Crippen LogP contribution in [-0.2, 0) is 10.5 Å². The van der Waals surface area contributed by atoms with Gasteiger partial charge in [0.1, 0.15) is 11.6 Å². The number of rotatable bonds is 8. The SMILES string of the molecule is COCCNC(=O)c1ccc2c(=O)n(-c3cccc(F)c3)c(SCc3cccc(F)c3)nc2c1. The van der Waals surface area contributed by atoms with E-state index in [2.05, 4.69) is 10.3 Å². The highest BCUT2D eigenvalue weighted by molar-refractivity contribution is 7.98. The average molecular weight is 482 g/mol. The van der Waals surface area contributed by atoms with E-state index in [0.29, 0.717) is 46.4 Å². The second-order valence-corrected chi connectivity index (χ2v) is 8.36. The van der Waals surface area contributed by atoms with Crippen molar-refractivity contribution in [3.05, 3.63) is 99.8 Å². The number of ether oxygens (including phenoxy) is 1. The fourth-order valence-electron chi connectivity index (χ4n) is 3.39. The molecule has 1 amide bonds. The third-order valence-corrected chi connectivity index (χ3v) is 6.03. The van der Waals surface area contributed by atoms with Gasteiger partial charge in [0.05, 0.1) is 23.2 Å². The Labute approximate surface area is 198 Å². The zero-order chi connectivity index (χ0) is 24.1. The van der Waals surface area contributed by atoms with Crippen molar-refractivity contribution in [2.75, 3.05) is 20.3 Å². The number of thioether (sulfide) groups is 1. The fourth-order valence-corrected chi connectivity index (χ4v) is 4.35. The lowest BCUT2D eigenvalue weighted by Gasteiger charge is -2.14. The zero-order valence-corrected chi connectivity index (χ0v) is 19.1. The van der Waals surface area contributed by atoms with Gasteiger partial charge in [-0.2, -0.15) is 0 Å². The summed E-state index contributed by atoms with van der Waals surface area (Å²) in [5.74, 6) is -0.837. The molecule has 174 valence electrons. The Morgan fingerprint density at radius 1 is 1.06 bits per heavy atom. The molecule has 0 unspecified atom stereocenters. The summed E-state index contributed by atoms with van der Waals surface area (Å²) in [6.45, 7) is 0.716. The monoisotopic (exact) mass is 481 g/mol. The highest BCUT2D eigenvalue weighted by Gasteiger charge is 2.16. The van der Waals surface area contributed by atoms with E-state index < -0.39 is 11.4 Å². The Morgan fingerprint density at radius 3 is 2.56 bits per heavy atom. The molecule has 0 saturated carbocycles. The third kappa shape index (κ3) is 5.32. The number of benzene rings is 3. The standard InChI is InChI=1S/C25H21F2N3O3S/c1-33-11-10-28-23(31)17-8-9-21-22(13-17)29-25(34-15-16-4-2-5-18(26)12-16)30(24(21)32)20-7-3-6-19(27)14-20/h2-9,12-14H,10-11,15H2,1H3,(H,28,31). The van der Waals surface area contributed by atoms with E-state index >= 15 is 0 Å². The van der Waals surface area contributed by atoms with Crippen LogP contribution in [0.2, 0.25) is 0 Å². The Hall–Kier alpha value is -3.56.